The van der Waals surface area contributed by atoms with Crippen LogP contribution in [0.1, 0.15) is 30.1 Å². The number of nitrogens with one attached hydrogen (secondary N) is 2. The zero-order chi connectivity index (χ0) is 18.9. The van der Waals surface area contributed by atoms with Gasteiger partial charge in [0, 0.05) is 17.3 Å². The van der Waals surface area contributed by atoms with Gasteiger partial charge in [-0.05, 0) is 42.8 Å². The van der Waals surface area contributed by atoms with E-state index < -0.39 is 6.03 Å². The van der Waals surface area contributed by atoms with Crippen molar-refractivity contribution in [2.24, 2.45) is 5.73 Å². The molecular weight excluding hydrogens is 334 g/mol. The fraction of sp³-hybridized carbons (Fsp3) is 0.263. The van der Waals surface area contributed by atoms with E-state index in [-0.39, 0.29) is 5.91 Å². The molecule has 0 radical (unpaired) electrons. The quantitative estimate of drug-likeness (QED) is 0.628. The van der Waals surface area contributed by atoms with Crippen molar-refractivity contribution < 1.29 is 19.1 Å². The van der Waals surface area contributed by atoms with Crippen LogP contribution in [0.3, 0.4) is 0 Å². The maximum absolute atomic E-state index is 12.5. The van der Waals surface area contributed by atoms with E-state index in [1.807, 2.05) is 0 Å². The molecule has 2 rings (SSSR count). The van der Waals surface area contributed by atoms with E-state index in [1.165, 1.54) is 0 Å². The van der Waals surface area contributed by atoms with Gasteiger partial charge < -0.3 is 25.8 Å². The molecule has 0 fully saturated rings. The molecule has 0 saturated heterocycles. The molecule has 0 atom stereocenters. The van der Waals surface area contributed by atoms with Crippen LogP contribution in [0.25, 0.3) is 0 Å². The summed E-state index contributed by atoms with van der Waals surface area (Å²) in [7, 11) is 1.56. The molecule has 26 heavy (non-hydrogen) atoms. The molecule has 0 aliphatic carbocycles. The highest BCUT2D eigenvalue weighted by Gasteiger charge is 2.12. The number of benzene rings is 2. The zero-order valence-electron chi connectivity index (χ0n) is 14.9. The van der Waals surface area contributed by atoms with Crippen molar-refractivity contribution in [3.05, 3.63) is 48.0 Å². The van der Waals surface area contributed by atoms with Crippen molar-refractivity contribution in [2.75, 3.05) is 24.4 Å². The van der Waals surface area contributed by atoms with Crippen molar-refractivity contribution in [3.63, 3.8) is 0 Å². The number of anilines is 2. The normalized spacial score (nSPS) is 10.1. The van der Waals surface area contributed by atoms with Crippen LogP contribution >= 0.6 is 0 Å². The Kier molecular flexibility index (Phi) is 6.84. The maximum atomic E-state index is 12.5. The highest BCUT2D eigenvalue weighted by Crippen LogP contribution is 2.30. The molecule has 0 spiro atoms. The molecule has 2 aromatic carbocycles. The highest BCUT2D eigenvalue weighted by atomic mass is 16.5. The van der Waals surface area contributed by atoms with Gasteiger partial charge in [-0.3, -0.25) is 4.79 Å². The van der Waals surface area contributed by atoms with E-state index in [0.717, 1.165) is 12.8 Å². The Balaban J connectivity index is 2.14. The lowest BCUT2D eigenvalue weighted by atomic mass is 10.2. The average Bonchev–Trinajstić information content (AvgIpc) is 2.63. The van der Waals surface area contributed by atoms with Crippen molar-refractivity contribution in [1.29, 1.82) is 0 Å². The minimum absolute atomic E-state index is 0.302. The number of ether oxygens (including phenoxy) is 2. The molecule has 3 amide bonds. The highest BCUT2D eigenvalue weighted by molar-refractivity contribution is 6.05. The number of urea groups is 1. The molecular formula is C19H23N3O4. The van der Waals surface area contributed by atoms with Gasteiger partial charge in [0.2, 0.25) is 0 Å². The Morgan fingerprint density at radius 1 is 1.08 bits per heavy atom. The average molecular weight is 357 g/mol. The number of hydrogen-bond acceptors (Lipinski definition) is 4. The Morgan fingerprint density at radius 3 is 2.42 bits per heavy atom. The molecule has 2 aromatic rings. The van der Waals surface area contributed by atoms with E-state index in [0.29, 0.717) is 35.0 Å². The zero-order valence-corrected chi connectivity index (χ0v) is 14.9. The first-order valence-electron chi connectivity index (χ1n) is 8.32. The number of primary amides is 1. The number of nitrogens with two attached hydrogens (primary N) is 1. The van der Waals surface area contributed by atoms with E-state index in [9.17, 15) is 9.59 Å². The van der Waals surface area contributed by atoms with Crippen LogP contribution in [0.4, 0.5) is 16.2 Å². The molecule has 7 heteroatoms. The predicted molar refractivity (Wildman–Crippen MR) is 101 cm³/mol. The molecule has 0 bridgehead atoms. The lowest BCUT2D eigenvalue weighted by Gasteiger charge is -2.14. The Bertz CT molecular complexity index is 760. The number of methoxy groups -OCH3 is 1. The van der Waals surface area contributed by atoms with Gasteiger partial charge in [0.05, 0.1) is 19.4 Å². The van der Waals surface area contributed by atoms with Crippen LogP contribution in [-0.2, 0) is 0 Å². The third kappa shape index (κ3) is 5.41. The van der Waals surface area contributed by atoms with Crippen LogP contribution in [0.5, 0.6) is 11.5 Å². The Hall–Kier alpha value is -3.22. The fourth-order valence-corrected chi connectivity index (χ4v) is 2.23. The Labute approximate surface area is 152 Å². The summed E-state index contributed by atoms with van der Waals surface area (Å²) in [4.78, 5) is 23.4. The fourth-order valence-electron chi connectivity index (χ4n) is 2.23. The van der Waals surface area contributed by atoms with Gasteiger partial charge in [0.25, 0.3) is 5.91 Å². The number of amides is 3. The van der Waals surface area contributed by atoms with Crippen molar-refractivity contribution in [1.82, 2.24) is 0 Å². The molecule has 0 saturated carbocycles. The van der Waals surface area contributed by atoms with Gasteiger partial charge in [0.1, 0.15) is 11.5 Å². The molecule has 138 valence electrons. The van der Waals surface area contributed by atoms with E-state index >= 15 is 0 Å². The summed E-state index contributed by atoms with van der Waals surface area (Å²) >= 11 is 0. The van der Waals surface area contributed by atoms with Crippen LogP contribution in [0.2, 0.25) is 0 Å². The molecule has 0 aliphatic rings. The van der Waals surface area contributed by atoms with Gasteiger partial charge >= 0.3 is 6.03 Å². The number of carbonyl (C=O) groups is 2. The van der Waals surface area contributed by atoms with Crippen molar-refractivity contribution >= 4 is 23.3 Å². The second kappa shape index (κ2) is 9.31. The Morgan fingerprint density at radius 2 is 1.81 bits per heavy atom. The summed E-state index contributed by atoms with van der Waals surface area (Å²) in [5.74, 6) is 0.896. The third-order valence-electron chi connectivity index (χ3n) is 3.61. The van der Waals surface area contributed by atoms with Gasteiger partial charge in [-0.2, -0.15) is 0 Å². The van der Waals surface area contributed by atoms with Gasteiger partial charge in [-0.1, -0.05) is 13.3 Å². The summed E-state index contributed by atoms with van der Waals surface area (Å²) < 4.78 is 11.0. The van der Waals surface area contributed by atoms with Crippen LogP contribution in [0, 0.1) is 0 Å². The SMILES string of the molecule is CCCCOc1ccc(OC)cc1NC(=O)c1ccc(NC(N)=O)cc1. The first kappa shape index (κ1) is 19.1. The minimum atomic E-state index is -0.660. The lowest BCUT2D eigenvalue weighted by molar-refractivity contribution is 0.102. The lowest BCUT2D eigenvalue weighted by Crippen LogP contribution is -2.19. The number of unbranched alkanes of at least 4 members (excludes halogenated alkanes) is 1. The van der Waals surface area contributed by atoms with Crippen LogP contribution in [0.15, 0.2) is 42.5 Å². The summed E-state index contributed by atoms with van der Waals surface area (Å²) in [6.07, 6.45) is 1.94. The first-order chi connectivity index (χ1) is 12.5. The van der Waals surface area contributed by atoms with E-state index in [1.54, 1.807) is 49.6 Å². The molecule has 0 unspecified atom stereocenters. The van der Waals surface area contributed by atoms with Gasteiger partial charge in [-0.25, -0.2) is 4.79 Å². The third-order valence-corrected chi connectivity index (χ3v) is 3.61. The summed E-state index contributed by atoms with van der Waals surface area (Å²) in [5.41, 5.74) is 6.54. The first-order valence-corrected chi connectivity index (χ1v) is 8.32. The molecule has 0 heterocycles. The summed E-state index contributed by atoms with van der Waals surface area (Å²) in [6, 6.07) is 11.0. The van der Waals surface area contributed by atoms with Gasteiger partial charge in [0.15, 0.2) is 0 Å². The van der Waals surface area contributed by atoms with Crippen LogP contribution < -0.4 is 25.8 Å². The van der Waals surface area contributed by atoms with E-state index in [4.69, 9.17) is 15.2 Å². The predicted octanol–water partition coefficient (Wildman–Crippen LogP) is 3.62. The second-order valence-corrected chi connectivity index (χ2v) is 5.58. The topological polar surface area (TPSA) is 103 Å². The summed E-state index contributed by atoms with van der Waals surface area (Å²) in [6.45, 7) is 2.65. The van der Waals surface area contributed by atoms with E-state index in [2.05, 4.69) is 17.6 Å². The maximum Gasteiger partial charge on any atom is 0.316 e. The smallest absolute Gasteiger partial charge is 0.316 e. The number of rotatable bonds is 8. The molecule has 7 nitrogen and oxygen atoms in total. The monoisotopic (exact) mass is 357 g/mol. The molecule has 0 aliphatic heterocycles. The largest absolute Gasteiger partial charge is 0.497 e. The van der Waals surface area contributed by atoms with Crippen molar-refractivity contribution in [3.8, 4) is 11.5 Å². The second-order valence-electron chi connectivity index (χ2n) is 5.58. The van der Waals surface area contributed by atoms with Crippen LogP contribution in [-0.4, -0.2) is 25.7 Å². The number of hydrogen-bond donors (Lipinski definition) is 3. The number of carbonyl (C=O) groups excluding carboxylic acids is 2. The van der Waals surface area contributed by atoms with Crippen molar-refractivity contribution in [2.45, 2.75) is 19.8 Å². The summed E-state index contributed by atoms with van der Waals surface area (Å²) in [5, 5.41) is 5.28. The minimum Gasteiger partial charge on any atom is -0.497 e. The van der Waals surface area contributed by atoms with Gasteiger partial charge in [-0.15, -0.1) is 0 Å². The molecule has 4 N–H and O–H groups in total. The standard InChI is InChI=1S/C19H23N3O4/c1-3-4-11-26-17-10-9-15(25-2)12-16(17)22-18(23)13-5-7-14(8-6-13)21-19(20)24/h5-10,12H,3-4,11H2,1-2H3,(H,22,23)(H3,20,21,24). The molecule has 0 aromatic heterocycles.